The number of nitrogens with zero attached hydrogens (tertiary/aromatic N) is 2. The van der Waals surface area contributed by atoms with E-state index in [9.17, 15) is 14.0 Å². The molecule has 7 heteroatoms. The van der Waals surface area contributed by atoms with E-state index in [1.54, 1.807) is 19.2 Å². The first-order valence-electron chi connectivity index (χ1n) is 7.64. The molecule has 1 aromatic carbocycles. The Balaban J connectivity index is 1.71. The molecule has 2 amide bonds. The zero-order valence-electron chi connectivity index (χ0n) is 12.9. The van der Waals surface area contributed by atoms with Gasteiger partial charge in [-0.2, -0.15) is 0 Å². The van der Waals surface area contributed by atoms with Gasteiger partial charge in [-0.15, -0.1) is 0 Å². The van der Waals surface area contributed by atoms with Crippen molar-refractivity contribution in [1.29, 1.82) is 0 Å². The van der Waals surface area contributed by atoms with E-state index in [4.69, 9.17) is 0 Å². The Morgan fingerprint density at radius 3 is 2.91 bits per heavy atom. The molecule has 1 aromatic rings. The minimum atomic E-state index is -0.282. The molecular formula is C16H19BrFN3O2. The lowest BCUT2D eigenvalue weighted by Gasteiger charge is -2.37. The van der Waals surface area contributed by atoms with Crippen molar-refractivity contribution >= 4 is 27.7 Å². The zero-order valence-corrected chi connectivity index (χ0v) is 14.5. The molecule has 5 nitrogen and oxygen atoms in total. The fraction of sp³-hybridized carbons (Fsp3) is 0.500. The Kier molecular flexibility index (Phi) is 4.68. The van der Waals surface area contributed by atoms with Crippen LogP contribution in [0.25, 0.3) is 0 Å². The number of amides is 2. The summed E-state index contributed by atoms with van der Waals surface area (Å²) in [6, 6.07) is 4.88. The van der Waals surface area contributed by atoms with Crippen LogP contribution in [0.3, 0.4) is 0 Å². The van der Waals surface area contributed by atoms with Gasteiger partial charge in [0.15, 0.2) is 0 Å². The highest BCUT2D eigenvalue weighted by Crippen LogP contribution is 2.24. The Labute approximate surface area is 142 Å². The molecule has 2 heterocycles. The number of rotatable bonds is 2. The van der Waals surface area contributed by atoms with Gasteiger partial charge in [-0.25, -0.2) is 4.39 Å². The second kappa shape index (κ2) is 6.57. The van der Waals surface area contributed by atoms with Gasteiger partial charge in [-0.1, -0.05) is 6.07 Å². The van der Waals surface area contributed by atoms with Crippen molar-refractivity contribution in [3.05, 3.63) is 34.1 Å². The second-order valence-corrected chi connectivity index (χ2v) is 7.10. The topological polar surface area (TPSA) is 52.7 Å². The van der Waals surface area contributed by atoms with Crippen molar-refractivity contribution in [1.82, 2.24) is 15.1 Å². The summed E-state index contributed by atoms with van der Waals surface area (Å²) in [6.45, 7) is 2.18. The maximum Gasteiger partial charge on any atom is 0.239 e. The first-order chi connectivity index (χ1) is 10.9. The van der Waals surface area contributed by atoms with Crippen molar-refractivity contribution in [2.24, 2.45) is 5.92 Å². The third-order valence-electron chi connectivity index (χ3n) is 4.51. The molecule has 2 fully saturated rings. The highest BCUT2D eigenvalue weighted by Gasteiger charge is 2.39. The van der Waals surface area contributed by atoms with Crippen molar-refractivity contribution in [3.63, 3.8) is 0 Å². The normalized spacial score (nSPS) is 25.8. The molecule has 124 valence electrons. The number of benzene rings is 1. The molecule has 23 heavy (non-hydrogen) atoms. The summed E-state index contributed by atoms with van der Waals surface area (Å²) in [5, 5.41) is 2.96. The molecule has 2 aliphatic heterocycles. The Bertz CT molecular complexity index is 640. The lowest BCUT2D eigenvalue weighted by Crippen LogP contribution is -2.52. The second-order valence-electron chi connectivity index (χ2n) is 6.25. The number of halogens is 2. The predicted octanol–water partition coefficient (Wildman–Crippen LogP) is 1.37. The summed E-state index contributed by atoms with van der Waals surface area (Å²) in [5.74, 6) is -0.581. The van der Waals surface area contributed by atoms with E-state index >= 15 is 0 Å². The first kappa shape index (κ1) is 16.4. The molecule has 2 atom stereocenters. The number of piperidine rings is 1. The molecule has 2 aliphatic rings. The van der Waals surface area contributed by atoms with Crippen LogP contribution in [0.2, 0.25) is 0 Å². The number of hydrogen-bond donors (Lipinski definition) is 1. The maximum absolute atomic E-state index is 13.3. The summed E-state index contributed by atoms with van der Waals surface area (Å²) in [4.78, 5) is 27.9. The number of carbonyl (C=O) groups excluding carboxylic acids is 2. The number of nitrogens with one attached hydrogen (secondary N) is 1. The minimum Gasteiger partial charge on any atom is -0.351 e. The molecule has 0 spiro atoms. The van der Waals surface area contributed by atoms with E-state index < -0.39 is 0 Å². The van der Waals surface area contributed by atoms with Crippen molar-refractivity contribution in [2.45, 2.75) is 19.0 Å². The number of likely N-dealkylation sites (tertiary alicyclic amines) is 1. The zero-order chi connectivity index (χ0) is 16.6. The van der Waals surface area contributed by atoms with Crippen LogP contribution in [0.4, 0.5) is 4.39 Å². The van der Waals surface area contributed by atoms with E-state index in [1.165, 1.54) is 11.0 Å². The molecule has 0 aromatic heterocycles. The van der Waals surface area contributed by atoms with Gasteiger partial charge in [0.2, 0.25) is 11.8 Å². The number of hydrogen-bond acceptors (Lipinski definition) is 3. The first-order valence-corrected chi connectivity index (χ1v) is 8.44. The van der Waals surface area contributed by atoms with Gasteiger partial charge in [0.25, 0.3) is 0 Å². The predicted molar refractivity (Wildman–Crippen MR) is 87.1 cm³/mol. The van der Waals surface area contributed by atoms with Gasteiger partial charge >= 0.3 is 0 Å². The minimum absolute atomic E-state index is 0.0123. The standard InChI is InChI=1S/C16H19BrFN3O2/c1-20-9-15(22)19-14-4-5-21(8-11(14)16(20)23)7-10-2-3-13(18)12(17)6-10/h2-3,6,11,14H,4-5,7-9H2,1H3,(H,19,22)/t11-,14+/m0/s1. The van der Waals surface area contributed by atoms with Crippen molar-refractivity contribution in [3.8, 4) is 0 Å². The summed E-state index contributed by atoms with van der Waals surface area (Å²) in [6.07, 6.45) is 0.748. The fourth-order valence-corrected chi connectivity index (χ4v) is 3.74. The number of carbonyl (C=O) groups is 2. The van der Waals surface area contributed by atoms with Crippen LogP contribution in [0.1, 0.15) is 12.0 Å². The Morgan fingerprint density at radius 2 is 2.17 bits per heavy atom. The largest absolute Gasteiger partial charge is 0.351 e. The SMILES string of the molecule is CN1CC(=O)N[C@@H]2CCN(Cc3ccc(F)c(Br)c3)C[C@@H]2C1=O. The average Bonchev–Trinajstić information content (AvgIpc) is 2.61. The van der Waals surface area contributed by atoms with Gasteiger partial charge < -0.3 is 10.2 Å². The van der Waals surface area contributed by atoms with Crippen LogP contribution in [-0.2, 0) is 16.1 Å². The molecular weight excluding hydrogens is 365 g/mol. The number of likely N-dealkylation sites (N-methyl/N-ethyl adjacent to an activating group) is 1. The van der Waals surface area contributed by atoms with Crippen LogP contribution >= 0.6 is 15.9 Å². The van der Waals surface area contributed by atoms with E-state index in [0.717, 1.165) is 18.5 Å². The molecule has 0 radical (unpaired) electrons. The summed E-state index contributed by atoms with van der Waals surface area (Å²) < 4.78 is 13.8. The molecule has 0 unspecified atom stereocenters. The lowest BCUT2D eigenvalue weighted by atomic mass is 9.91. The molecule has 2 saturated heterocycles. The molecule has 0 bridgehead atoms. The van der Waals surface area contributed by atoms with Gasteiger partial charge in [-0.05, 0) is 40.0 Å². The summed E-state index contributed by atoms with van der Waals surface area (Å²) in [7, 11) is 1.67. The van der Waals surface area contributed by atoms with Crippen LogP contribution in [0, 0.1) is 11.7 Å². The van der Waals surface area contributed by atoms with E-state index in [-0.39, 0.29) is 36.1 Å². The fourth-order valence-electron chi connectivity index (χ4n) is 3.31. The smallest absolute Gasteiger partial charge is 0.239 e. The Hall–Kier alpha value is -1.47. The number of fused-ring (bicyclic) bond motifs is 1. The lowest BCUT2D eigenvalue weighted by molar-refractivity contribution is -0.136. The van der Waals surface area contributed by atoms with E-state index in [0.29, 0.717) is 17.6 Å². The van der Waals surface area contributed by atoms with Crippen LogP contribution in [-0.4, -0.2) is 54.3 Å². The van der Waals surface area contributed by atoms with Crippen LogP contribution < -0.4 is 5.32 Å². The van der Waals surface area contributed by atoms with E-state index in [2.05, 4.69) is 26.1 Å². The quantitative estimate of drug-likeness (QED) is 0.838. The molecule has 3 rings (SSSR count). The maximum atomic E-state index is 13.3. The van der Waals surface area contributed by atoms with Gasteiger partial charge in [-0.3, -0.25) is 14.5 Å². The van der Waals surface area contributed by atoms with Gasteiger partial charge in [0.1, 0.15) is 5.82 Å². The Morgan fingerprint density at radius 1 is 1.39 bits per heavy atom. The average molecular weight is 384 g/mol. The van der Waals surface area contributed by atoms with Crippen LogP contribution in [0.5, 0.6) is 0 Å². The van der Waals surface area contributed by atoms with Gasteiger partial charge in [0, 0.05) is 32.7 Å². The third kappa shape index (κ3) is 3.55. The van der Waals surface area contributed by atoms with E-state index in [1.807, 2.05) is 0 Å². The molecule has 0 saturated carbocycles. The molecule has 0 aliphatic carbocycles. The summed E-state index contributed by atoms with van der Waals surface area (Å²) in [5.41, 5.74) is 0.996. The highest BCUT2D eigenvalue weighted by atomic mass is 79.9. The highest BCUT2D eigenvalue weighted by molar-refractivity contribution is 9.10. The van der Waals surface area contributed by atoms with Crippen LogP contribution in [0.15, 0.2) is 22.7 Å². The third-order valence-corrected chi connectivity index (χ3v) is 5.12. The molecule has 1 N–H and O–H groups in total. The van der Waals surface area contributed by atoms with Gasteiger partial charge in [0.05, 0.1) is 16.9 Å². The monoisotopic (exact) mass is 383 g/mol. The summed E-state index contributed by atoms with van der Waals surface area (Å²) >= 11 is 3.20. The van der Waals surface area contributed by atoms with Crippen molar-refractivity contribution in [2.75, 3.05) is 26.7 Å². The van der Waals surface area contributed by atoms with Crippen molar-refractivity contribution < 1.29 is 14.0 Å².